The first-order valence-corrected chi connectivity index (χ1v) is 9.65. The Morgan fingerprint density at radius 3 is 2.82 bits per heavy atom. The highest BCUT2D eigenvalue weighted by Crippen LogP contribution is 2.43. The van der Waals surface area contributed by atoms with Crippen molar-refractivity contribution in [2.45, 2.75) is 31.0 Å². The van der Waals surface area contributed by atoms with E-state index in [0.29, 0.717) is 16.6 Å². The fourth-order valence-electron chi connectivity index (χ4n) is 3.13. The number of phosphoric ester groups is 1. The SMILES string of the molecule is COC=Cc1cn(C2OC(COP(=O)(O)O)C(O)[C@@]2(C)O)c2ncnc(N)c12. The number of methoxy groups -OCH3 is 1. The summed E-state index contributed by atoms with van der Waals surface area (Å²) in [5.41, 5.74) is 5.05. The maximum Gasteiger partial charge on any atom is 0.469 e. The molecular weight excluding hydrogens is 395 g/mol. The van der Waals surface area contributed by atoms with Crippen LogP contribution in [0.25, 0.3) is 17.1 Å². The molecule has 2 aromatic rings. The van der Waals surface area contributed by atoms with Gasteiger partial charge in [-0.25, -0.2) is 14.5 Å². The number of hydrogen-bond donors (Lipinski definition) is 5. The molecule has 4 atom stereocenters. The third-order valence-corrected chi connectivity index (χ3v) is 4.95. The molecule has 0 aromatic carbocycles. The molecule has 13 heteroatoms. The molecule has 0 radical (unpaired) electrons. The lowest BCUT2D eigenvalue weighted by atomic mass is 9.96. The van der Waals surface area contributed by atoms with Crippen molar-refractivity contribution in [2.75, 3.05) is 19.5 Å². The van der Waals surface area contributed by atoms with Gasteiger partial charge in [-0.15, -0.1) is 0 Å². The predicted octanol–water partition coefficient (Wildman–Crippen LogP) is -0.251. The highest BCUT2D eigenvalue weighted by Gasteiger charge is 2.54. The summed E-state index contributed by atoms with van der Waals surface area (Å²) in [7, 11) is -3.30. The van der Waals surface area contributed by atoms with E-state index in [-0.39, 0.29) is 5.82 Å². The Kier molecular flexibility index (Phi) is 5.47. The molecule has 154 valence electrons. The zero-order valence-electron chi connectivity index (χ0n) is 15.0. The Labute approximate surface area is 159 Å². The second-order valence-corrected chi connectivity index (χ2v) is 7.71. The van der Waals surface area contributed by atoms with Crippen LogP contribution in [0.2, 0.25) is 0 Å². The number of nitrogens with zero attached hydrogens (tertiary/aromatic N) is 3. The van der Waals surface area contributed by atoms with E-state index in [4.69, 9.17) is 25.0 Å². The summed E-state index contributed by atoms with van der Waals surface area (Å²) in [6.45, 7) is 0.714. The number of rotatable bonds is 6. The van der Waals surface area contributed by atoms with Gasteiger partial charge in [-0.2, -0.15) is 0 Å². The van der Waals surface area contributed by atoms with Crippen molar-refractivity contribution in [3.05, 3.63) is 24.3 Å². The largest absolute Gasteiger partial charge is 0.504 e. The molecule has 1 aliphatic heterocycles. The number of fused-ring (bicyclic) bond motifs is 1. The molecule has 28 heavy (non-hydrogen) atoms. The Morgan fingerprint density at radius 1 is 1.46 bits per heavy atom. The van der Waals surface area contributed by atoms with Crippen molar-refractivity contribution in [1.82, 2.24) is 14.5 Å². The summed E-state index contributed by atoms with van der Waals surface area (Å²) in [6.07, 6.45) is 2.04. The lowest BCUT2D eigenvalue weighted by Gasteiger charge is -2.27. The highest BCUT2D eigenvalue weighted by molar-refractivity contribution is 7.46. The summed E-state index contributed by atoms with van der Waals surface area (Å²) in [5, 5.41) is 21.7. The van der Waals surface area contributed by atoms with E-state index in [9.17, 15) is 14.8 Å². The third kappa shape index (κ3) is 3.76. The minimum atomic E-state index is -4.77. The summed E-state index contributed by atoms with van der Waals surface area (Å²) in [6, 6.07) is 0. The van der Waals surface area contributed by atoms with Crippen LogP contribution in [0.5, 0.6) is 0 Å². The van der Waals surface area contributed by atoms with E-state index in [2.05, 4.69) is 14.5 Å². The molecular formula is C15H21N4O8P. The summed E-state index contributed by atoms with van der Waals surface area (Å²) >= 11 is 0. The number of aliphatic hydroxyl groups excluding tert-OH is 1. The maximum atomic E-state index is 10.9. The average Bonchev–Trinajstić information content (AvgIpc) is 3.08. The van der Waals surface area contributed by atoms with Crippen LogP contribution in [0, 0.1) is 0 Å². The van der Waals surface area contributed by atoms with Crippen LogP contribution in [0.15, 0.2) is 18.8 Å². The van der Waals surface area contributed by atoms with Gasteiger partial charge in [0.15, 0.2) is 6.23 Å². The number of phosphoric acid groups is 1. The van der Waals surface area contributed by atoms with Gasteiger partial charge in [0.1, 0.15) is 35.6 Å². The normalized spacial score (nSPS) is 28.4. The number of nitrogens with two attached hydrogens (primary N) is 1. The van der Waals surface area contributed by atoms with Crippen LogP contribution in [-0.2, 0) is 18.6 Å². The molecule has 1 saturated heterocycles. The highest BCUT2D eigenvalue weighted by atomic mass is 31.2. The molecule has 2 aromatic heterocycles. The van der Waals surface area contributed by atoms with Crippen molar-refractivity contribution in [1.29, 1.82) is 0 Å². The Hall–Kier alpha value is -2.05. The fourth-order valence-corrected chi connectivity index (χ4v) is 3.47. The van der Waals surface area contributed by atoms with E-state index in [1.165, 1.54) is 31.2 Å². The van der Waals surface area contributed by atoms with Gasteiger partial charge in [0, 0.05) is 11.8 Å². The molecule has 0 aliphatic carbocycles. The molecule has 6 N–H and O–H groups in total. The van der Waals surface area contributed by atoms with Crippen LogP contribution in [0.1, 0.15) is 18.7 Å². The molecule has 1 fully saturated rings. The molecule has 1 aliphatic rings. The van der Waals surface area contributed by atoms with E-state index >= 15 is 0 Å². The van der Waals surface area contributed by atoms with Gasteiger partial charge in [-0.05, 0) is 13.0 Å². The van der Waals surface area contributed by atoms with Crippen molar-refractivity contribution in [3.63, 3.8) is 0 Å². The van der Waals surface area contributed by atoms with Crippen LogP contribution in [0.3, 0.4) is 0 Å². The van der Waals surface area contributed by atoms with Crippen molar-refractivity contribution < 1.29 is 38.6 Å². The predicted molar refractivity (Wildman–Crippen MR) is 96.5 cm³/mol. The molecule has 3 rings (SSSR count). The van der Waals surface area contributed by atoms with E-state index in [0.717, 1.165) is 0 Å². The number of hydrogen-bond acceptors (Lipinski definition) is 9. The number of aromatic nitrogens is 3. The smallest absolute Gasteiger partial charge is 0.469 e. The summed E-state index contributed by atoms with van der Waals surface area (Å²) in [5.74, 6) is 0.194. The number of ether oxygens (including phenoxy) is 2. The van der Waals surface area contributed by atoms with Crippen LogP contribution in [-0.4, -0.2) is 66.1 Å². The van der Waals surface area contributed by atoms with Gasteiger partial charge in [0.05, 0.1) is 25.4 Å². The molecule has 12 nitrogen and oxygen atoms in total. The van der Waals surface area contributed by atoms with Crippen LogP contribution < -0.4 is 5.73 Å². The topological polar surface area (TPSA) is 182 Å². The maximum absolute atomic E-state index is 10.9. The standard InChI is InChI=1S/C15H21N4O8P/c1-15(21)11(20)9(6-26-28(22,23)24)27-14(15)19-5-8(3-4-25-2)10-12(16)17-7-18-13(10)19/h3-5,7,9,11,14,20-21H,6H2,1-2H3,(H2,16,17,18)(H2,22,23,24)/t9?,11?,14?,15-/m1/s1. The van der Waals surface area contributed by atoms with Gasteiger partial charge >= 0.3 is 7.82 Å². The number of nitrogen functional groups attached to an aromatic ring is 1. The zero-order valence-corrected chi connectivity index (χ0v) is 15.9. The van der Waals surface area contributed by atoms with Gasteiger partial charge in [0.2, 0.25) is 0 Å². The quantitative estimate of drug-likeness (QED) is 0.309. The van der Waals surface area contributed by atoms with E-state index in [1.54, 1.807) is 12.3 Å². The van der Waals surface area contributed by atoms with Gasteiger partial charge in [-0.1, -0.05) is 0 Å². The molecule has 0 spiro atoms. The lowest BCUT2D eigenvalue weighted by molar-refractivity contribution is -0.0947. The van der Waals surface area contributed by atoms with E-state index < -0.39 is 38.5 Å². The van der Waals surface area contributed by atoms with Gasteiger partial charge in [0.25, 0.3) is 0 Å². The Balaban J connectivity index is 2.03. The average molecular weight is 416 g/mol. The van der Waals surface area contributed by atoms with Crippen molar-refractivity contribution >= 4 is 30.7 Å². The first kappa shape index (κ1) is 20.7. The minimum absolute atomic E-state index is 0.194. The molecule has 0 bridgehead atoms. The lowest BCUT2D eigenvalue weighted by Crippen LogP contribution is -2.44. The van der Waals surface area contributed by atoms with Crippen LogP contribution >= 0.6 is 7.82 Å². The van der Waals surface area contributed by atoms with Crippen molar-refractivity contribution in [3.8, 4) is 0 Å². The van der Waals surface area contributed by atoms with Crippen LogP contribution in [0.4, 0.5) is 5.82 Å². The summed E-state index contributed by atoms with van der Waals surface area (Å²) in [4.78, 5) is 25.9. The van der Waals surface area contributed by atoms with E-state index in [1.807, 2.05) is 0 Å². The fraction of sp³-hybridized carbons (Fsp3) is 0.467. The van der Waals surface area contributed by atoms with Gasteiger partial charge < -0.3 is 39.8 Å². The molecule has 0 saturated carbocycles. The number of aliphatic hydroxyl groups is 2. The Morgan fingerprint density at radius 2 is 2.18 bits per heavy atom. The number of anilines is 1. The summed E-state index contributed by atoms with van der Waals surface area (Å²) < 4.78 is 27.4. The molecule has 3 heterocycles. The first-order valence-electron chi connectivity index (χ1n) is 8.12. The van der Waals surface area contributed by atoms with Crippen molar-refractivity contribution in [2.24, 2.45) is 0 Å². The minimum Gasteiger partial charge on any atom is -0.504 e. The van der Waals surface area contributed by atoms with Gasteiger partial charge in [-0.3, -0.25) is 4.52 Å². The zero-order chi connectivity index (χ0) is 20.7. The molecule has 3 unspecified atom stereocenters. The Bertz CT molecular complexity index is 940. The monoisotopic (exact) mass is 416 g/mol. The second-order valence-electron chi connectivity index (χ2n) is 6.47. The first-order chi connectivity index (χ1) is 13.1. The second kappa shape index (κ2) is 7.41. The third-order valence-electron chi connectivity index (χ3n) is 4.47. The molecule has 0 amide bonds.